The van der Waals surface area contributed by atoms with Crippen LogP contribution >= 0.6 is 0 Å². The monoisotopic (exact) mass is 413 g/mol. The number of aryl methyl sites for hydroxylation is 1. The van der Waals surface area contributed by atoms with Crippen LogP contribution in [0.1, 0.15) is 41.4 Å². The molecule has 0 amide bonds. The molecule has 27 heavy (non-hydrogen) atoms. The molecule has 0 unspecified atom stereocenters. The second-order valence-corrected chi connectivity index (χ2v) is 6.91. The van der Waals surface area contributed by atoms with Crippen molar-refractivity contribution < 1.29 is 91.5 Å². The second-order valence-electron chi connectivity index (χ2n) is 5.51. The molecule has 1 aromatic heterocycles. The Morgan fingerprint density at radius 2 is 1.89 bits per heavy atom. The van der Waals surface area contributed by atoms with Gasteiger partial charge < -0.3 is 24.2 Å². The molecule has 0 atom stereocenters. The molecule has 0 aliphatic rings. The number of H-pyrrole nitrogens is 1. The van der Waals surface area contributed by atoms with E-state index >= 15 is 0 Å². The Labute approximate surface area is 201 Å². The molecular weight excluding hydrogens is 396 g/mol. The van der Waals surface area contributed by atoms with Gasteiger partial charge in [-0.3, -0.25) is 0 Å². The first-order chi connectivity index (χ1) is 11.7. The average Bonchev–Trinajstić information content (AvgIpc) is 2.84. The van der Waals surface area contributed by atoms with Crippen LogP contribution in [0.25, 0.3) is 10.9 Å². The van der Waals surface area contributed by atoms with Gasteiger partial charge in [0.25, 0.3) is 0 Å². The van der Waals surface area contributed by atoms with E-state index in [0.29, 0.717) is 16.5 Å². The van der Waals surface area contributed by atoms with Gasteiger partial charge in [-0.15, -0.1) is 0 Å². The van der Waals surface area contributed by atoms with E-state index in [1.54, 1.807) is 13.0 Å². The van der Waals surface area contributed by atoms with E-state index in [9.17, 15) is 27.7 Å². The van der Waals surface area contributed by atoms with Gasteiger partial charge in [-0.1, -0.05) is 6.07 Å². The minimum Gasteiger partial charge on any atom is -0.748 e. The summed E-state index contributed by atoms with van der Waals surface area (Å²) in [6.07, 6.45) is 0.324. The van der Waals surface area contributed by atoms with Crippen LogP contribution in [-0.2, 0) is 31.8 Å². The molecule has 0 radical (unpaired) electrons. The molecule has 2 aromatic rings. The zero-order chi connectivity index (χ0) is 18.6. The fourth-order valence-electron chi connectivity index (χ4n) is 2.64. The van der Waals surface area contributed by atoms with Gasteiger partial charge >= 0.3 is 65.1 Å². The Bertz CT molecular complexity index is 909. The van der Waals surface area contributed by atoms with E-state index in [4.69, 9.17) is 4.74 Å². The zero-order valence-electron chi connectivity index (χ0n) is 15.5. The van der Waals surface area contributed by atoms with Gasteiger partial charge in [0, 0.05) is 16.9 Å². The zero-order valence-corrected chi connectivity index (χ0v) is 20.4. The second kappa shape index (κ2) is 11.6. The first-order valence-electron chi connectivity index (χ1n) is 7.65. The number of rotatable bonds is 8. The molecule has 8 nitrogen and oxygen atoms in total. The summed E-state index contributed by atoms with van der Waals surface area (Å²) in [6.45, 7) is 1.83. The third-order valence-electron chi connectivity index (χ3n) is 3.60. The van der Waals surface area contributed by atoms with Gasteiger partial charge in [0.1, 0.15) is 5.69 Å². The predicted octanol–water partition coefficient (Wildman–Crippen LogP) is -5.53. The molecular formula is C16H17NNa2O7S. The summed E-state index contributed by atoms with van der Waals surface area (Å²) in [7, 11) is -4.44. The molecule has 1 N–H and O–H groups in total. The molecule has 0 saturated carbocycles. The summed E-state index contributed by atoms with van der Waals surface area (Å²) < 4.78 is 37.9. The molecule has 11 heteroatoms. The molecule has 1 aromatic carbocycles. The fraction of sp³-hybridized carbons (Fsp3) is 0.375. The third kappa shape index (κ3) is 7.86. The van der Waals surface area contributed by atoms with Gasteiger partial charge in [-0.05, 0) is 49.4 Å². The molecule has 0 saturated heterocycles. The molecule has 0 bridgehead atoms. The van der Waals surface area contributed by atoms with Crippen molar-refractivity contribution in [3.8, 4) is 0 Å². The molecule has 136 valence electrons. The number of carbonyl (C=O) groups excluding carboxylic acids is 2. The number of benzene rings is 1. The number of aromatic nitrogens is 1. The van der Waals surface area contributed by atoms with Gasteiger partial charge in [0.15, 0.2) is 0 Å². The summed E-state index contributed by atoms with van der Waals surface area (Å²) in [6, 6.07) is 4.56. The number of hydrogen-bond acceptors (Lipinski definition) is 7. The fourth-order valence-corrected chi connectivity index (χ4v) is 3.22. The largest absolute Gasteiger partial charge is 1.00 e. The van der Waals surface area contributed by atoms with Crippen LogP contribution in [0.2, 0.25) is 0 Å². The maximum absolute atomic E-state index is 12.1. The first kappa shape index (κ1) is 26.6. The number of nitrogens with one attached hydrogen (secondary N) is 1. The number of fused-ring (bicyclic) bond motifs is 1. The molecule has 0 aliphatic carbocycles. The number of aliphatic carboxylic acids is 1. The van der Waals surface area contributed by atoms with Crippen molar-refractivity contribution in [1.29, 1.82) is 0 Å². The third-order valence-corrected chi connectivity index (χ3v) is 4.29. The molecule has 0 fully saturated rings. The Kier molecular flexibility index (Phi) is 11.4. The summed E-state index contributed by atoms with van der Waals surface area (Å²) in [5, 5.41) is 11.2. The van der Waals surface area contributed by atoms with E-state index in [2.05, 4.69) is 4.98 Å². The van der Waals surface area contributed by atoms with Gasteiger partial charge in [0.2, 0.25) is 0 Å². The number of ether oxygens (including phenoxy) is 1. The molecule has 0 spiro atoms. The number of esters is 1. The first-order valence-corrected chi connectivity index (χ1v) is 9.23. The van der Waals surface area contributed by atoms with Crippen molar-refractivity contribution in [1.82, 2.24) is 4.98 Å². The molecule has 0 aliphatic heterocycles. The summed E-state index contributed by atoms with van der Waals surface area (Å²) in [5.74, 6) is -2.45. The van der Waals surface area contributed by atoms with Crippen molar-refractivity contribution in [3.63, 3.8) is 0 Å². The predicted molar refractivity (Wildman–Crippen MR) is 85.6 cm³/mol. The van der Waals surface area contributed by atoms with Gasteiger partial charge in [-0.2, -0.15) is 0 Å². The number of carboxylic acid groups (broad SMARTS) is 1. The van der Waals surface area contributed by atoms with Crippen LogP contribution in [0.5, 0.6) is 0 Å². The van der Waals surface area contributed by atoms with Crippen molar-refractivity contribution in [2.24, 2.45) is 0 Å². The summed E-state index contributed by atoms with van der Waals surface area (Å²) >= 11 is 0. The maximum atomic E-state index is 12.1. The van der Waals surface area contributed by atoms with Gasteiger partial charge in [-0.25, -0.2) is 13.2 Å². The minimum absolute atomic E-state index is 0. The topological polar surface area (TPSA) is 139 Å². The van der Waals surface area contributed by atoms with Crippen LogP contribution in [0.3, 0.4) is 0 Å². The number of hydrogen-bond donors (Lipinski definition) is 1. The number of carbonyl (C=O) groups is 2. The van der Waals surface area contributed by atoms with Crippen molar-refractivity contribution in [2.45, 2.75) is 31.9 Å². The van der Waals surface area contributed by atoms with E-state index in [1.807, 2.05) is 0 Å². The van der Waals surface area contributed by atoms with Crippen molar-refractivity contribution >= 4 is 33.0 Å². The molecule has 1 heterocycles. The Balaban J connectivity index is 0.00000338. The van der Waals surface area contributed by atoms with E-state index in [1.165, 1.54) is 12.1 Å². The van der Waals surface area contributed by atoms with Crippen LogP contribution in [0.15, 0.2) is 18.2 Å². The smallest absolute Gasteiger partial charge is 0.748 e. The summed E-state index contributed by atoms with van der Waals surface area (Å²) in [5.41, 5.74) is 1.58. The van der Waals surface area contributed by atoms with E-state index in [0.717, 1.165) is 0 Å². The van der Waals surface area contributed by atoms with Gasteiger partial charge in [0.05, 0.1) is 22.5 Å². The minimum atomic E-state index is -4.44. The maximum Gasteiger partial charge on any atom is 1.00 e. The standard InChI is InChI=1S/C16H19NO7S.2Na/c1-2-24-16(20)15-11(4-3-5-14(18)19)12-8-10(9-25(21,22)23)6-7-13(12)17-15;;/h6-8,17H,2-5,9H2,1H3,(H,18,19)(H,21,22,23);;/q;2*+1/p-2. The summed E-state index contributed by atoms with van der Waals surface area (Å²) in [4.78, 5) is 25.6. The SMILES string of the molecule is CCOC(=O)c1[nH]c2ccc(CS(=O)(=O)[O-])cc2c1CCCC(=O)[O-].[Na+].[Na+]. The van der Waals surface area contributed by atoms with E-state index < -0.39 is 27.8 Å². The Morgan fingerprint density at radius 1 is 1.22 bits per heavy atom. The van der Waals surface area contributed by atoms with Crippen LogP contribution in [0.4, 0.5) is 0 Å². The van der Waals surface area contributed by atoms with Crippen LogP contribution in [0, 0.1) is 0 Å². The van der Waals surface area contributed by atoms with E-state index in [-0.39, 0.29) is 96.2 Å². The quantitative estimate of drug-likeness (QED) is 0.259. The normalized spacial score (nSPS) is 10.7. The van der Waals surface area contributed by atoms with Crippen molar-refractivity contribution in [3.05, 3.63) is 35.0 Å². The number of aromatic amines is 1. The Hall–Kier alpha value is -0.390. The molecule has 2 rings (SSSR count). The van der Waals surface area contributed by atoms with Crippen LogP contribution in [-0.4, -0.2) is 36.5 Å². The van der Waals surface area contributed by atoms with Crippen molar-refractivity contribution in [2.75, 3.05) is 6.61 Å². The Morgan fingerprint density at radius 3 is 2.44 bits per heavy atom. The van der Waals surface area contributed by atoms with Crippen LogP contribution < -0.4 is 64.2 Å². The average molecular weight is 413 g/mol. The number of carboxylic acids is 1.